The summed E-state index contributed by atoms with van der Waals surface area (Å²) in [5, 5.41) is 0.151. The van der Waals surface area contributed by atoms with Crippen LogP contribution in [0.25, 0.3) is 0 Å². The molecule has 0 saturated heterocycles. The minimum atomic E-state index is 0.151. The maximum Gasteiger partial charge on any atom is 0.160 e. The van der Waals surface area contributed by atoms with Crippen LogP contribution in [0.4, 0.5) is 0 Å². The molecule has 2 nitrogen and oxygen atoms in total. The topological polar surface area (TPSA) is 18.5 Å². The molecule has 1 aliphatic rings. The van der Waals surface area contributed by atoms with Gasteiger partial charge in [0, 0.05) is 5.38 Å². The van der Waals surface area contributed by atoms with Crippen molar-refractivity contribution < 1.29 is 9.47 Å². The number of methoxy groups -OCH3 is 2. The molecule has 1 fully saturated rings. The number of halogens is 1. The van der Waals surface area contributed by atoms with Crippen LogP contribution < -0.4 is 9.47 Å². The minimum absolute atomic E-state index is 0.151. The summed E-state index contributed by atoms with van der Waals surface area (Å²) in [7, 11) is 3.31. The molecule has 2 rings (SSSR count). The van der Waals surface area contributed by atoms with Gasteiger partial charge in [-0.3, -0.25) is 0 Å². The van der Waals surface area contributed by atoms with Crippen molar-refractivity contribution in [3.8, 4) is 11.5 Å². The van der Waals surface area contributed by atoms with Gasteiger partial charge in [0.15, 0.2) is 11.5 Å². The number of hydrogen-bond acceptors (Lipinski definition) is 2. The molecule has 3 heteroatoms. The Morgan fingerprint density at radius 1 is 1.05 bits per heavy atom. The summed E-state index contributed by atoms with van der Waals surface area (Å²) in [6.45, 7) is 9.23. The van der Waals surface area contributed by atoms with Gasteiger partial charge in [0.2, 0.25) is 0 Å². The summed E-state index contributed by atoms with van der Waals surface area (Å²) in [4.78, 5) is 0. The Hall–Kier alpha value is -0.890. The van der Waals surface area contributed by atoms with Crippen LogP contribution >= 0.6 is 11.6 Å². The third-order valence-corrected chi connectivity index (χ3v) is 5.78. The van der Waals surface area contributed by atoms with Crippen LogP contribution in [0.3, 0.4) is 0 Å². The summed E-state index contributed by atoms with van der Waals surface area (Å²) in [6, 6.07) is 6.04. The Kier molecular flexibility index (Phi) is 3.98. The molecule has 1 unspecified atom stereocenters. The fourth-order valence-electron chi connectivity index (χ4n) is 3.50. The molecule has 0 aromatic heterocycles. The van der Waals surface area contributed by atoms with Crippen LogP contribution in [0, 0.1) is 16.7 Å². The molecular weight excluding hydrogens is 272 g/mol. The van der Waals surface area contributed by atoms with Gasteiger partial charge in [0.05, 0.1) is 14.2 Å². The van der Waals surface area contributed by atoms with E-state index < -0.39 is 0 Å². The molecular formula is C17H25ClO2. The molecule has 1 aromatic carbocycles. The summed E-state index contributed by atoms with van der Waals surface area (Å²) in [5.41, 5.74) is 1.83. The van der Waals surface area contributed by atoms with Crippen LogP contribution in [-0.4, -0.2) is 19.6 Å². The molecule has 0 amide bonds. The standard InChI is InChI=1S/C17H25ClO2/c1-16(2)15(17(16,3)4)12(18)9-11-7-8-13(19-5)14(10-11)20-6/h7-8,10,12,15H,9H2,1-6H3. The van der Waals surface area contributed by atoms with E-state index in [1.54, 1.807) is 14.2 Å². The van der Waals surface area contributed by atoms with Gasteiger partial charge in [-0.05, 0) is 40.9 Å². The van der Waals surface area contributed by atoms with Crippen molar-refractivity contribution in [3.05, 3.63) is 23.8 Å². The molecule has 1 aliphatic carbocycles. The Balaban J connectivity index is 2.12. The van der Waals surface area contributed by atoms with Crippen molar-refractivity contribution in [3.63, 3.8) is 0 Å². The number of hydrogen-bond donors (Lipinski definition) is 0. The Bertz CT molecular complexity index is 480. The molecule has 1 atom stereocenters. The highest BCUT2D eigenvalue weighted by atomic mass is 35.5. The van der Waals surface area contributed by atoms with Gasteiger partial charge in [-0.2, -0.15) is 0 Å². The van der Waals surface area contributed by atoms with Gasteiger partial charge in [0.1, 0.15) is 0 Å². The number of alkyl halides is 1. The second-order valence-corrected chi connectivity index (χ2v) is 7.39. The summed E-state index contributed by atoms with van der Waals surface area (Å²) >= 11 is 6.68. The van der Waals surface area contributed by atoms with Crippen molar-refractivity contribution in [1.29, 1.82) is 0 Å². The van der Waals surface area contributed by atoms with Crippen LogP contribution in [0.1, 0.15) is 33.3 Å². The average Bonchev–Trinajstić information content (AvgIpc) is 2.79. The van der Waals surface area contributed by atoms with Crippen molar-refractivity contribution in [2.24, 2.45) is 16.7 Å². The lowest BCUT2D eigenvalue weighted by molar-refractivity contribution is 0.354. The summed E-state index contributed by atoms with van der Waals surface area (Å²) < 4.78 is 10.6. The Morgan fingerprint density at radius 3 is 2.05 bits per heavy atom. The molecule has 112 valence electrons. The van der Waals surface area contributed by atoms with Gasteiger partial charge in [-0.1, -0.05) is 33.8 Å². The van der Waals surface area contributed by atoms with Gasteiger partial charge in [-0.15, -0.1) is 11.6 Å². The van der Waals surface area contributed by atoms with E-state index in [4.69, 9.17) is 21.1 Å². The zero-order valence-electron chi connectivity index (χ0n) is 13.3. The molecule has 0 N–H and O–H groups in total. The van der Waals surface area contributed by atoms with Crippen molar-refractivity contribution in [1.82, 2.24) is 0 Å². The van der Waals surface area contributed by atoms with Crippen LogP contribution in [-0.2, 0) is 6.42 Å². The van der Waals surface area contributed by atoms with Crippen molar-refractivity contribution in [2.45, 2.75) is 39.5 Å². The quantitative estimate of drug-likeness (QED) is 0.743. The smallest absolute Gasteiger partial charge is 0.160 e. The first-order valence-electron chi connectivity index (χ1n) is 7.10. The second-order valence-electron chi connectivity index (χ2n) is 6.83. The monoisotopic (exact) mass is 296 g/mol. The maximum atomic E-state index is 6.68. The molecule has 1 saturated carbocycles. The minimum Gasteiger partial charge on any atom is -0.493 e. The summed E-state index contributed by atoms with van der Waals surface area (Å²) in [5.74, 6) is 2.07. The third-order valence-electron chi connectivity index (χ3n) is 5.37. The Morgan fingerprint density at radius 2 is 1.60 bits per heavy atom. The van der Waals surface area contributed by atoms with Crippen molar-refractivity contribution in [2.75, 3.05) is 14.2 Å². The van der Waals surface area contributed by atoms with Gasteiger partial charge >= 0.3 is 0 Å². The molecule has 0 bridgehead atoms. The first-order valence-corrected chi connectivity index (χ1v) is 7.54. The molecule has 20 heavy (non-hydrogen) atoms. The number of rotatable bonds is 5. The zero-order valence-corrected chi connectivity index (χ0v) is 14.0. The van der Waals surface area contributed by atoms with E-state index in [1.807, 2.05) is 12.1 Å². The Labute approximate surface area is 127 Å². The zero-order chi connectivity index (χ0) is 15.1. The number of ether oxygens (including phenoxy) is 2. The van der Waals surface area contributed by atoms with Crippen molar-refractivity contribution >= 4 is 11.6 Å². The van der Waals surface area contributed by atoms with Gasteiger partial charge in [-0.25, -0.2) is 0 Å². The molecule has 1 aromatic rings. The molecule has 0 aliphatic heterocycles. The maximum absolute atomic E-state index is 6.68. The van der Waals surface area contributed by atoms with Gasteiger partial charge in [0.25, 0.3) is 0 Å². The van der Waals surface area contributed by atoms with Crippen LogP contribution in [0.15, 0.2) is 18.2 Å². The normalized spacial score (nSPS) is 21.4. The van der Waals surface area contributed by atoms with Crippen LogP contribution in [0.2, 0.25) is 0 Å². The lowest BCUT2D eigenvalue weighted by Crippen LogP contribution is -2.11. The van der Waals surface area contributed by atoms with E-state index in [2.05, 4.69) is 33.8 Å². The van der Waals surface area contributed by atoms with Crippen LogP contribution in [0.5, 0.6) is 11.5 Å². The predicted octanol–water partition coefficient (Wildman–Crippen LogP) is 4.54. The van der Waals surface area contributed by atoms with E-state index in [-0.39, 0.29) is 5.38 Å². The van der Waals surface area contributed by atoms with E-state index in [0.717, 1.165) is 17.9 Å². The predicted molar refractivity (Wildman–Crippen MR) is 83.9 cm³/mol. The first kappa shape index (κ1) is 15.5. The highest BCUT2D eigenvalue weighted by Gasteiger charge is 2.66. The van der Waals surface area contributed by atoms with E-state index in [0.29, 0.717) is 16.7 Å². The van der Waals surface area contributed by atoms with E-state index in [1.165, 1.54) is 5.56 Å². The SMILES string of the molecule is COc1ccc(CC(Cl)C2C(C)(C)C2(C)C)cc1OC. The first-order chi connectivity index (χ1) is 9.25. The largest absolute Gasteiger partial charge is 0.493 e. The lowest BCUT2D eigenvalue weighted by Gasteiger charge is -2.14. The fraction of sp³-hybridized carbons (Fsp3) is 0.647. The molecule has 0 heterocycles. The highest BCUT2D eigenvalue weighted by molar-refractivity contribution is 6.21. The molecule has 0 radical (unpaired) electrons. The van der Waals surface area contributed by atoms with Gasteiger partial charge < -0.3 is 9.47 Å². The average molecular weight is 297 g/mol. The third kappa shape index (κ3) is 2.39. The van der Waals surface area contributed by atoms with E-state index in [9.17, 15) is 0 Å². The fourth-order valence-corrected chi connectivity index (χ4v) is 4.31. The highest BCUT2D eigenvalue weighted by Crippen LogP contribution is 2.70. The van der Waals surface area contributed by atoms with E-state index >= 15 is 0 Å². The number of benzene rings is 1. The molecule has 0 spiro atoms. The summed E-state index contributed by atoms with van der Waals surface area (Å²) in [6.07, 6.45) is 0.861. The lowest BCUT2D eigenvalue weighted by atomic mass is 10.0. The second kappa shape index (κ2) is 5.14.